The Morgan fingerprint density at radius 3 is 2.71 bits per heavy atom. The number of hydrogen-bond donors (Lipinski definition) is 0. The molecule has 1 saturated heterocycles. The third kappa shape index (κ3) is 1.93. The number of cyclic esters (lactones) is 1. The van der Waals surface area contributed by atoms with Gasteiger partial charge in [-0.3, -0.25) is 9.69 Å². The van der Waals surface area contributed by atoms with Crippen LogP contribution in [0.25, 0.3) is 0 Å². The number of carbonyl (C=O) groups excluding carboxylic acids is 1. The Labute approximate surface area is 83.3 Å². The number of rotatable bonds is 1. The van der Waals surface area contributed by atoms with Crippen molar-refractivity contribution in [2.75, 3.05) is 20.1 Å². The zero-order valence-electron chi connectivity index (χ0n) is 8.14. The van der Waals surface area contributed by atoms with E-state index in [0.29, 0.717) is 6.54 Å². The monoisotopic (exact) mass is 191 g/mol. The van der Waals surface area contributed by atoms with E-state index in [1.54, 1.807) is 0 Å². The minimum Gasteiger partial charge on any atom is -0.455 e. The van der Waals surface area contributed by atoms with E-state index in [0.717, 1.165) is 12.1 Å². The van der Waals surface area contributed by atoms with Gasteiger partial charge >= 0.3 is 5.97 Å². The lowest BCUT2D eigenvalue weighted by atomic mass is 10.1. The molecule has 2 rings (SSSR count). The third-order valence-electron chi connectivity index (χ3n) is 2.32. The van der Waals surface area contributed by atoms with Gasteiger partial charge in [-0.2, -0.15) is 0 Å². The van der Waals surface area contributed by atoms with Crippen LogP contribution < -0.4 is 0 Å². The zero-order valence-corrected chi connectivity index (χ0v) is 8.14. The minimum atomic E-state index is -0.146. The van der Waals surface area contributed by atoms with Gasteiger partial charge in [-0.05, 0) is 12.6 Å². The molecule has 0 spiro atoms. The van der Waals surface area contributed by atoms with E-state index >= 15 is 0 Å². The van der Waals surface area contributed by atoms with Gasteiger partial charge in [-0.1, -0.05) is 30.3 Å². The predicted molar refractivity (Wildman–Crippen MR) is 52.8 cm³/mol. The summed E-state index contributed by atoms with van der Waals surface area (Å²) in [7, 11) is 1.93. The van der Waals surface area contributed by atoms with E-state index in [9.17, 15) is 4.79 Å². The quantitative estimate of drug-likeness (QED) is 0.625. The van der Waals surface area contributed by atoms with Crippen molar-refractivity contribution in [3.8, 4) is 0 Å². The molecule has 0 saturated carbocycles. The molecule has 1 aliphatic rings. The van der Waals surface area contributed by atoms with Gasteiger partial charge in [0.2, 0.25) is 0 Å². The molecule has 1 aromatic rings. The lowest BCUT2D eigenvalue weighted by molar-refractivity contribution is -0.158. The van der Waals surface area contributed by atoms with Crippen molar-refractivity contribution in [2.24, 2.45) is 0 Å². The van der Waals surface area contributed by atoms with Crippen molar-refractivity contribution in [1.82, 2.24) is 4.90 Å². The van der Waals surface area contributed by atoms with Crippen LogP contribution in [-0.2, 0) is 9.53 Å². The molecule has 0 N–H and O–H groups in total. The number of carbonyl (C=O) groups is 1. The topological polar surface area (TPSA) is 29.5 Å². The molecule has 0 aliphatic carbocycles. The maximum Gasteiger partial charge on any atom is 0.320 e. The molecular weight excluding hydrogens is 178 g/mol. The van der Waals surface area contributed by atoms with E-state index in [4.69, 9.17) is 4.74 Å². The van der Waals surface area contributed by atoms with Gasteiger partial charge in [0.1, 0.15) is 6.10 Å². The molecule has 14 heavy (non-hydrogen) atoms. The molecule has 1 unspecified atom stereocenters. The second-order valence-corrected chi connectivity index (χ2v) is 3.59. The maximum absolute atomic E-state index is 11.2. The van der Waals surface area contributed by atoms with E-state index in [2.05, 4.69) is 0 Å². The standard InChI is InChI=1S/C11H13NO2/c1-12-7-10(14-11(13)8-12)9-5-3-2-4-6-9/h2-6,10H,7-8H2,1H3. The predicted octanol–water partition coefficient (Wildman–Crippen LogP) is 1.22. The molecule has 1 aromatic carbocycles. The normalized spacial score (nSPS) is 23.2. The number of nitrogens with zero attached hydrogens (tertiary/aromatic N) is 1. The number of likely N-dealkylation sites (N-methyl/N-ethyl adjacent to an activating group) is 1. The van der Waals surface area contributed by atoms with Gasteiger partial charge in [-0.25, -0.2) is 0 Å². The molecule has 1 heterocycles. The Kier molecular flexibility index (Phi) is 2.50. The fourth-order valence-corrected chi connectivity index (χ4v) is 1.64. The average molecular weight is 191 g/mol. The van der Waals surface area contributed by atoms with Crippen LogP contribution in [0.3, 0.4) is 0 Å². The van der Waals surface area contributed by atoms with Crippen molar-refractivity contribution >= 4 is 5.97 Å². The summed E-state index contributed by atoms with van der Waals surface area (Å²) in [6, 6.07) is 9.83. The average Bonchev–Trinajstić information content (AvgIpc) is 2.18. The van der Waals surface area contributed by atoms with Gasteiger partial charge in [0.25, 0.3) is 0 Å². The van der Waals surface area contributed by atoms with Gasteiger partial charge in [-0.15, -0.1) is 0 Å². The molecule has 74 valence electrons. The Bertz CT molecular complexity index is 323. The number of ether oxygens (including phenoxy) is 1. The van der Waals surface area contributed by atoms with E-state index in [1.807, 2.05) is 42.3 Å². The zero-order chi connectivity index (χ0) is 9.97. The fourth-order valence-electron chi connectivity index (χ4n) is 1.64. The van der Waals surface area contributed by atoms with Crippen molar-refractivity contribution in [3.63, 3.8) is 0 Å². The first-order chi connectivity index (χ1) is 6.75. The molecular formula is C11H13NO2. The Morgan fingerprint density at radius 1 is 1.36 bits per heavy atom. The number of hydrogen-bond acceptors (Lipinski definition) is 3. The highest BCUT2D eigenvalue weighted by Crippen LogP contribution is 2.21. The van der Waals surface area contributed by atoms with Crippen molar-refractivity contribution < 1.29 is 9.53 Å². The highest BCUT2D eigenvalue weighted by molar-refractivity contribution is 5.72. The minimum absolute atomic E-state index is 0.109. The summed E-state index contributed by atoms with van der Waals surface area (Å²) in [4.78, 5) is 13.2. The van der Waals surface area contributed by atoms with Crippen molar-refractivity contribution in [1.29, 1.82) is 0 Å². The molecule has 1 fully saturated rings. The Morgan fingerprint density at radius 2 is 2.07 bits per heavy atom. The first-order valence-electron chi connectivity index (χ1n) is 4.68. The fraction of sp³-hybridized carbons (Fsp3) is 0.364. The smallest absolute Gasteiger partial charge is 0.320 e. The van der Waals surface area contributed by atoms with Gasteiger partial charge in [0, 0.05) is 6.54 Å². The van der Waals surface area contributed by atoms with Crippen LogP contribution in [0.15, 0.2) is 30.3 Å². The maximum atomic E-state index is 11.2. The summed E-state index contributed by atoms with van der Waals surface area (Å²) in [5, 5.41) is 0. The third-order valence-corrected chi connectivity index (χ3v) is 2.32. The highest BCUT2D eigenvalue weighted by Gasteiger charge is 2.24. The Hall–Kier alpha value is -1.35. The van der Waals surface area contributed by atoms with E-state index < -0.39 is 0 Å². The first-order valence-corrected chi connectivity index (χ1v) is 4.68. The Balaban J connectivity index is 2.15. The van der Waals surface area contributed by atoms with Crippen LogP contribution in [0, 0.1) is 0 Å². The molecule has 1 aliphatic heterocycles. The van der Waals surface area contributed by atoms with Crippen LogP contribution in [0.2, 0.25) is 0 Å². The first kappa shape index (κ1) is 9.21. The number of morpholine rings is 1. The molecule has 1 atom stereocenters. The van der Waals surface area contributed by atoms with Gasteiger partial charge in [0.05, 0.1) is 6.54 Å². The lowest BCUT2D eigenvalue weighted by Gasteiger charge is -2.29. The summed E-state index contributed by atoms with van der Waals surface area (Å²) < 4.78 is 5.26. The molecule has 3 nitrogen and oxygen atoms in total. The van der Waals surface area contributed by atoms with Crippen LogP contribution in [0.5, 0.6) is 0 Å². The summed E-state index contributed by atoms with van der Waals surface area (Å²) in [5.74, 6) is -0.146. The highest BCUT2D eigenvalue weighted by atomic mass is 16.5. The molecule has 0 aromatic heterocycles. The summed E-state index contributed by atoms with van der Waals surface area (Å²) in [6.45, 7) is 1.17. The summed E-state index contributed by atoms with van der Waals surface area (Å²) >= 11 is 0. The summed E-state index contributed by atoms with van der Waals surface area (Å²) in [5.41, 5.74) is 1.06. The second-order valence-electron chi connectivity index (χ2n) is 3.59. The lowest BCUT2D eigenvalue weighted by Crippen LogP contribution is -2.38. The van der Waals surface area contributed by atoms with E-state index in [-0.39, 0.29) is 12.1 Å². The van der Waals surface area contributed by atoms with E-state index in [1.165, 1.54) is 0 Å². The number of esters is 1. The van der Waals surface area contributed by atoms with Crippen LogP contribution in [0.4, 0.5) is 0 Å². The molecule has 0 radical (unpaired) electrons. The molecule has 0 bridgehead atoms. The van der Waals surface area contributed by atoms with Crippen LogP contribution in [-0.4, -0.2) is 31.0 Å². The number of benzene rings is 1. The molecule has 3 heteroatoms. The SMILES string of the molecule is CN1CC(=O)OC(c2ccccc2)C1. The molecule has 0 amide bonds. The van der Waals surface area contributed by atoms with Crippen LogP contribution >= 0.6 is 0 Å². The van der Waals surface area contributed by atoms with Gasteiger partial charge in [0.15, 0.2) is 0 Å². The second kappa shape index (κ2) is 3.80. The van der Waals surface area contributed by atoms with Crippen molar-refractivity contribution in [3.05, 3.63) is 35.9 Å². The van der Waals surface area contributed by atoms with Gasteiger partial charge < -0.3 is 4.74 Å². The van der Waals surface area contributed by atoms with Crippen LogP contribution in [0.1, 0.15) is 11.7 Å². The van der Waals surface area contributed by atoms with Crippen molar-refractivity contribution in [2.45, 2.75) is 6.10 Å². The summed E-state index contributed by atoms with van der Waals surface area (Å²) in [6.07, 6.45) is -0.109. The largest absolute Gasteiger partial charge is 0.455 e.